The van der Waals surface area contributed by atoms with Gasteiger partial charge in [-0.2, -0.15) is 23.5 Å². The lowest BCUT2D eigenvalue weighted by atomic mass is 9.99. The Morgan fingerprint density at radius 1 is 1.21 bits per heavy atom. The number of aryl methyl sites for hydroxylation is 1. The largest absolute Gasteiger partial charge is 0.312 e. The molecule has 1 saturated heterocycles. The number of hydrogen-bond acceptors (Lipinski definition) is 3. The number of benzene rings is 1. The van der Waals surface area contributed by atoms with Gasteiger partial charge < -0.3 is 5.32 Å². The van der Waals surface area contributed by atoms with Crippen LogP contribution in [0.15, 0.2) is 24.3 Å². The Morgan fingerprint density at radius 2 is 1.89 bits per heavy atom. The zero-order chi connectivity index (χ0) is 13.7. The Balaban J connectivity index is 2.11. The number of thioether (sulfide) groups is 2. The molecule has 0 saturated carbocycles. The van der Waals surface area contributed by atoms with Crippen LogP contribution in [0.5, 0.6) is 0 Å². The molecule has 1 aromatic rings. The fourth-order valence-corrected chi connectivity index (χ4v) is 5.71. The lowest BCUT2D eigenvalue weighted by molar-refractivity contribution is 0.560. The van der Waals surface area contributed by atoms with Gasteiger partial charge in [0, 0.05) is 28.0 Å². The van der Waals surface area contributed by atoms with Gasteiger partial charge in [0.05, 0.1) is 0 Å². The summed E-state index contributed by atoms with van der Waals surface area (Å²) in [7, 11) is 2.09. The summed E-state index contributed by atoms with van der Waals surface area (Å²) in [5, 5.41) is 4.95. The van der Waals surface area contributed by atoms with Gasteiger partial charge in [-0.15, -0.1) is 0 Å². The third kappa shape index (κ3) is 3.93. The van der Waals surface area contributed by atoms with Gasteiger partial charge in [-0.25, -0.2) is 0 Å². The maximum Gasteiger partial charge on any atom is 0.0448 e. The molecule has 3 heteroatoms. The Morgan fingerprint density at radius 3 is 2.47 bits per heavy atom. The smallest absolute Gasteiger partial charge is 0.0448 e. The molecule has 3 atom stereocenters. The molecule has 1 aliphatic heterocycles. The van der Waals surface area contributed by atoms with Crippen molar-refractivity contribution in [2.24, 2.45) is 0 Å². The third-order valence-electron chi connectivity index (χ3n) is 3.75. The van der Waals surface area contributed by atoms with E-state index in [1.54, 1.807) is 0 Å². The van der Waals surface area contributed by atoms with Crippen LogP contribution in [0.2, 0.25) is 0 Å². The normalized spacial score (nSPS) is 25.2. The van der Waals surface area contributed by atoms with Crippen molar-refractivity contribution in [3.05, 3.63) is 35.4 Å². The van der Waals surface area contributed by atoms with Crippen molar-refractivity contribution in [3.8, 4) is 0 Å². The lowest BCUT2D eigenvalue weighted by Crippen LogP contribution is -2.36. The zero-order valence-electron chi connectivity index (χ0n) is 12.2. The van der Waals surface area contributed by atoms with Crippen LogP contribution in [0.25, 0.3) is 0 Å². The molecule has 3 unspecified atom stereocenters. The molecular formula is C16H25NS2. The van der Waals surface area contributed by atoms with Crippen LogP contribution >= 0.6 is 23.5 Å². The van der Waals surface area contributed by atoms with Crippen molar-refractivity contribution < 1.29 is 0 Å². The van der Waals surface area contributed by atoms with Crippen molar-refractivity contribution in [1.29, 1.82) is 0 Å². The number of nitrogens with one attached hydrogen (secondary N) is 1. The average molecular weight is 296 g/mol. The van der Waals surface area contributed by atoms with Crippen molar-refractivity contribution in [2.75, 3.05) is 18.6 Å². The van der Waals surface area contributed by atoms with Gasteiger partial charge in [0.2, 0.25) is 0 Å². The van der Waals surface area contributed by atoms with E-state index in [2.05, 4.69) is 74.0 Å². The van der Waals surface area contributed by atoms with Gasteiger partial charge in [0.25, 0.3) is 0 Å². The first-order valence-corrected chi connectivity index (χ1v) is 9.35. The summed E-state index contributed by atoms with van der Waals surface area (Å²) in [5.41, 5.74) is 2.90. The van der Waals surface area contributed by atoms with E-state index in [9.17, 15) is 0 Å². The second-order valence-corrected chi connectivity index (χ2v) is 7.94. The molecule has 19 heavy (non-hydrogen) atoms. The second-order valence-electron chi connectivity index (χ2n) is 5.17. The van der Waals surface area contributed by atoms with Crippen LogP contribution < -0.4 is 5.32 Å². The minimum Gasteiger partial charge on any atom is -0.312 e. The zero-order valence-corrected chi connectivity index (χ0v) is 13.8. The molecular weight excluding hydrogens is 270 g/mol. The van der Waals surface area contributed by atoms with E-state index in [-0.39, 0.29) is 0 Å². The maximum atomic E-state index is 3.54. The maximum absolute atomic E-state index is 3.54. The van der Waals surface area contributed by atoms with Crippen LogP contribution in [0.3, 0.4) is 0 Å². The molecule has 0 amide bonds. The lowest BCUT2D eigenvalue weighted by Gasteiger charge is -2.34. The van der Waals surface area contributed by atoms with Crippen molar-refractivity contribution in [3.63, 3.8) is 0 Å². The Hall–Kier alpha value is -0.120. The molecule has 0 aliphatic carbocycles. The van der Waals surface area contributed by atoms with Gasteiger partial charge in [-0.05, 0) is 24.6 Å². The highest BCUT2D eigenvalue weighted by Crippen LogP contribution is 2.38. The monoisotopic (exact) mass is 295 g/mol. The van der Waals surface area contributed by atoms with E-state index in [4.69, 9.17) is 0 Å². The molecule has 0 bridgehead atoms. The SMILES string of the molecule is CCCc1ccc(C(NC)C2SCCSC2C)cc1. The topological polar surface area (TPSA) is 12.0 Å². The predicted molar refractivity (Wildman–Crippen MR) is 90.4 cm³/mol. The van der Waals surface area contributed by atoms with Crippen LogP contribution in [0, 0.1) is 0 Å². The summed E-state index contributed by atoms with van der Waals surface area (Å²) >= 11 is 4.24. The minimum atomic E-state index is 0.475. The quantitative estimate of drug-likeness (QED) is 0.877. The second kappa shape index (κ2) is 7.61. The molecule has 2 rings (SSSR count). The molecule has 0 spiro atoms. The van der Waals surface area contributed by atoms with Crippen LogP contribution in [0.4, 0.5) is 0 Å². The Labute approximate surface area is 126 Å². The van der Waals surface area contributed by atoms with Crippen molar-refractivity contribution in [1.82, 2.24) is 5.32 Å². The van der Waals surface area contributed by atoms with E-state index in [0.717, 1.165) is 5.25 Å². The molecule has 1 nitrogen and oxygen atoms in total. The van der Waals surface area contributed by atoms with Crippen LogP contribution in [-0.2, 0) is 6.42 Å². The first-order valence-electron chi connectivity index (χ1n) is 7.25. The highest BCUT2D eigenvalue weighted by molar-refractivity contribution is 8.07. The molecule has 1 aliphatic rings. The summed E-state index contributed by atoms with van der Waals surface area (Å²) in [6.07, 6.45) is 2.41. The van der Waals surface area contributed by atoms with E-state index in [1.807, 2.05) is 0 Å². The van der Waals surface area contributed by atoms with E-state index in [1.165, 1.54) is 35.5 Å². The molecule has 106 valence electrons. The molecule has 1 N–H and O–H groups in total. The molecule has 0 radical (unpaired) electrons. The molecule has 1 fully saturated rings. The Kier molecular flexibility index (Phi) is 6.11. The summed E-state index contributed by atoms with van der Waals surface area (Å²) in [4.78, 5) is 0. The predicted octanol–water partition coefficient (Wildman–Crippen LogP) is 4.14. The molecule has 0 aromatic heterocycles. The first kappa shape index (κ1) is 15.3. The van der Waals surface area contributed by atoms with Crippen molar-refractivity contribution >= 4 is 23.5 Å². The molecule has 1 aromatic carbocycles. The highest BCUT2D eigenvalue weighted by atomic mass is 32.2. The fourth-order valence-electron chi connectivity index (χ4n) is 2.72. The standard InChI is InChI=1S/C16H25NS2/c1-4-5-13-6-8-14(9-7-13)15(17-3)16-12(2)18-10-11-19-16/h6-9,12,15-17H,4-5,10-11H2,1-3H3. The van der Waals surface area contributed by atoms with E-state index >= 15 is 0 Å². The van der Waals surface area contributed by atoms with Crippen LogP contribution in [0.1, 0.15) is 37.4 Å². The van der Waals surface area contributed by atoms with E-state index in [0.29, 0.717) is 11.3 Å². The van der Waals surface area contributed by atoms with Crippen LogP contribution in [-0.4, -0.2) is 29.1 Å². The number of hydrogen-bond donors (Lipinski definition) is 1. The van der Waals surface area contributed by atoms with Gasteiger partial charge in [0.15, 0.2) is 0 Å². The molecule has 1 heterocycles. The number of rotatable bonds is 5. The van der Waals surface area contributed by atoms with Gasteiger partial charge in [-0.1, -0.05) is 44.5 Å². The summed E-state index contributed by atoms with van der Waals surface area (Å²) in [6, 6.07) is 9.71. The first-order chi connectivity index (χ1) is 9.26. The average Bonchev–Trinajstić information content (AvgIpc) is 2.44. The van der Waals surface area contributed by atoms with Gasteiger partial charge in [0.1, 0.15) is 0 Å². The minimum absolute atomic E-state index is 0.475. The summed E-state index contributed by atoms with van der Waals surface area (Å²) in [5.74, 6) is 2.58. The summed E-state index contributed by atoms with van der Waals surface area (Å²) < 4.78 is 0. The Bertz CT molecular complexity index is 377. The van der Waals surface area contributed by atoms with Gasteiger partial charge in [-0.3, -0.25) is 0 Å². The highest BCUT2D eigenvalue weighted by Gasteiger charge is 2.30. The van der Waals surface area contributed by atoms with E-state index < -0.39 is 0 Å². The summed E-state index contributed by atoms with van der Waals surface area (Å²) in [6.45, 7) is 4.61. The third-order valence-corrected chi connectivity index (χ3v) is 6.95. The van der Waals surface area contributed by atoms with Gasteiger partial charge >= 0.3 is 0 Å². The fraction of sp³-hybridized carbons (Fsp3) is 0.625. The van der Waals surface area contributed by atoms with Crippen molar-refractivity contribution in [2.45, 2.75) is 43.2 Å².